The molecule has 1 aromatic rings. The van der Waals surface area contributed by atoms with Crippen LogP contribution in [0, 0.1) is 5.92 Å². The summed E-state index contributed by atoms with van der Waals surface area (Å²) in [5.41, 5.74) is 1.96. The monoisotopic (exact) mass is 387 g/mol. The molecule has 1 saturated heterocycles. The van der Waals surface area contributed by atoms with E-state index in [9.17, 15) is 9.90 Å². The molecule has 4 nitrogen and oxygen atoms in total. The smallest absolute Gasteiger partial charge is 0.225 e. The number of carbonyl (C=O) groups excluding carboxylic acids is 1. The third-order valence-electron chi connectivity index (χ3n) is 6.72. The van der Waals surface area contributed by atoms with E-state index in [-0.39, 0.29) is 18.2 Å². The van der Waals surface area contributed by atoms with Crippen molar-refractivity contribution in [1.29, 1.82) is 0 Å². The van der Waals surface area contributed by atoms with Gasteiger partial charge in [-0.2, -0.15) is 0 Å². The molecule has 2 aliphatic heterocycles. The van der Waals surface area contributed by atoms with Crippen LogP contribution in [0.2, 0.25) is 0 Å². The molecular weight excluding hydrogens is 350 g/mol. The number of nitrogens with zero attached hydrogens (tertiary/aromatic N) is 1. The first-order chi connectivity index (χ1) is 13.5. The average molecular weight is 388 g/mol. The summed E-state index contributed by atoms with van der Waals surface area (Å²) in [6.07, 6.45) is 8.93. The van der Waals surface area contributed by atoms with Crippen molar-refractivity contribution >= 4 is 5.91 Å². The Bertz CT molecular complexity index is 687. The van der Waals surface area contributed by atoms with Crippen molar-refractivity contribution < 1.29 is 14.6 Å². The average Bonchev–Trinajstić information content (AvgIpc) is 2.67. The second kappa shape index (κ2) is 9.19. The molecule has 3 rings (SSSR count). The van der Waals surface area contributed by atoms with Crippen molar-refractivity contribution in [2.45, 2.75) is 104 Å². The van der Waals surface area contributed by atoms with Crippen molar-refractivity contribution in [2.75, 3.05) is 0 Å². The Balaban J connectivity index is 1.89. The fourth-order valence-electron chi connectivity index (χ4n) is 4.80. The lowest BCUT2D eigenvalue weighted by Crippen LogP contribution is -2.50. The zero-order valence-corrected chi connectivity index (χ0v) is 18.0. The SMILES string of the molecule is CCCCCC(C)C(C)c1cc(O)c2c(c1)OC(CCC)N1C(=O)CCCC21. The van der Waals surface area contributed by atoms with Crippen LogP contribution in [0.5, 0.6) is 11.5 Å². The van der Waals surface area contributed by atoms with E-state index >= 15 is 0 Å². The van der Waals surface area contributed by atoms with Gasteiger partial charge in [-0.1, -0.05) is 59.8 Å². The molecule has 0 aliphatic carbocycles. The van der Waals surface area contributed by atoms with Gasteiger partial charge in [0, 0.05) is 12.8 Å². The molecule has 0 radical (unpaired) electrons. The molecule has 1 fully saturated rings. The van der Waals surface area contributed by atoms with Gasteiger partial charge in [-0.25, -0.2) is 0 Å². The summed E-state index contributed by atoms with van der Waals surface area (Å²) in [6.45, 7) is 8.91. The van der Waals surface area contributed by atoms with E-state index in [0.29, 0.717) is 24.0 Å². The summed E-state index contributed by atoms with van der Waals surface area (Å²) in [7, 11) is 0. The fourth-order valence-corrected chi connectivity index (χ4v) is 4.80. The maximum absolute atomic E-state index is 12.6. The third-order valence-corrected chi connectivity index (χ3v) is 6.72. The fraction of sp³-hybridized carbons (Fsp3) is 0.708. The number of unbranched alkanes of at least 4 members (excludes halogenated alkanes) is 2. The summed E-state index contributed by atoms with van der Waals surface area (Å²) in [4.78, 5) is 14.5. The highest BCUT2D eigenvalue weighted by Gasteiger charge is 2.42. The van der Waals surface area contributed by atoms with Crippen LogP contribution in [-0.2, 0) is 4.79 Å². The molecule has 0 spiro atoms. The summed E-state index contributed by atoms with van der Waals surface area (Å²) < 4.78 is 6.31. The molecule has 4 atom stereocenters. The molecule has 0 bridgehead atoms. The maximum Gasteiger partial charge on any atom is 0.225 e. The van der Waals surface area contributed by atoms with Crippen LogP contribution in [0.3, 0.4) is 0 Å². The number of rotatable bonds is 8. The van der Waals surface area contributed by atoms with Gasteiger partial charge in [0.2, 0.25) is 5.91 Å². The normalized spacial score (nSPS) is 23.6. The van der Waals surface area contributed by atoms with Crippen LogP contribution in [0.15, 0.2) is 12.1 Å². The molecule has 28 heavy (non-hydrogen) atoms. The van der Waals surface area contributed by atoms with Crippen molar-refractivity contribution in [1.82, 2.24) is 4.90 Å². The van der Waals surface area contributed by atoms with Crippen LogP contribution in [0.25, 0.3) is 0 Å². The molecule has 4 heteroatoms. The van der Waals surface area contributed by atoms with E-state index in [2.05, 4.69) is 33.8 Å². The summed E-state index contributed by atoms with van der Waals surface area (Å²) >= 11 is 0. The first-order valence-electron chi connectivity index (χ1n) is 11.3. The van der Waals surface area contributed by atoms with Crippen molar-refractivity contribution in [3.05, 3.63) is 23.3 Å². The Kier molecular flexibility index (Phi) is 6.90. The van der Waals surface area contributed by atoms with Gasteiger partial charge >= 0.3 is 0 Å². The zero-order valence-electron chi connectivity index (χ0n) is 18.0. The molecule has 2 heterocycles. The van der Waals surface area contributed by atoms with Gasteiger partial charge in [-0.15, -0.1) is 0 Å². The molecule has 0 aromatic heterocycles. The number of hydrogen-bond donors (Lipinski definition) is 1. The lowest BCUT2D eigenvalue weighted by molar-refractivity contribution is -0.151. The van der Waals surface area contributed by atoms with E-state index in [1.165, 1.54) is 25.7 Å². The topological polar surface area (TPSA) is 49.8 Å². The molecule has 1 aromatic carbocycles. The van der Waals surface area contributed by atoms with E-state index in [0.717, 1.165) is 42.6 Å². The highest BCUT2D eigenvalue weighted by molar-refractivity contribution is 5.78. The number of phenolic OH excluding ortho intramolecular Hbond substituents is 1. The van der Waals surface area contributed by atoms with Crippen molar-refractivity contribution in [3.63, 3.8) is 0 Å². The van der Waals surface area contributed by atoms with E-state index < -0.39 is 0 Å². The van der Waals surface area contributed by atoms with Gasteiger partial charge in [0.05, 0.1) is 11.6 Å². The first kappa shape index (κ1) is 21.0. The highest BCUT2D eigenvalue weighted by atomic mass is 16.5. The van der Waals surface area contributed by atoms with E-state index in [1.54, 1.807) is 0 Å². The number of ether oxygens (including phenoxy) is 1. The molecule has 2 aliphatic rings. The predicted molar refractivity (Wildman–Crippen MR) is 113 cm³/mol. The maximum atomic E-state index is 12.6. The lowest BCUT2D eigenvalue weighted by Gasteiger charge is -2.45. The first-order valence-corrected chi connectivity index (χ1v) is 11.3. The van der Waals surface area contributed by atoms with Gasteiger partial charge in [-0.3, -0.25) is 9.69 Å². The minimum atomic E-state index is -0.206. The molecule has 0 saturated carbocycles. The second-order valence-corrected chi connectivity index (χ2v) is 8.78. The number of amides is 1. The summed E-state index contributed by atoms with van der Waals surface area (Å²) in [5, 5.41) is 10.9. The third kappa shape index (κ3) is 4.16. The minimum absolute atomic E-state index is 0.0483. The van der Waals surface area contributed by atoms with E-state index in [1.807, 2.05) is 11.0 Å². The van der Waals surface area contributed by atoms with Crippen molar-refractivity contribution in [2.24, 2.45) is 5.92 Å². The van der Waals surface area contributed by atoms with Gasteiger partial charge in [0.15, 0.2) is 6.23 Å². The summed E-state index contributed by atoms with van der Waals surface area (Å²) in [5.74, 6) is 2.16. The molecular formula is C24H37NO3. The van der Waals surface area contributed by atoms with Crippen LogP contribution in [0.1, 0.15) is 109 Å². The lowest BCUT2D eigenvalue weighted by atomic mass is 9.83. The van der Waals surface area contributed by atoms with Crippen LogP contribution in [-0.4, -0.2) is 22.1 Å². The van der Waals surface area contributed by atoms with Crippen LogP contribution >= 0.6 is 0 Å². The van der Waals surface area contributed by atoms with Gasteiger partial charge in [0.25, 0.3) is 0 Å². The quantitative estimate of drug-likeness (QED) is 0.534. The standard InChI is InChI=1S/C24H37NO3/c1-5-7-8-11-16(3)17(4)18-14-20(26)24-19-12-9-13-22(27)25(19)23(10-6-2)28-21(24)15-18/h14-17,19,23,26H,5-13H2,1-4H3. The summed E-state index contributed by atoms with van der Waals surface area (Å²) in [6, 6.07) is 4.00. The number of phenols is 1. The second-order valence-electron chi connectivity index (χ2n) is 8.78. The van der Waals surface area contributed by atoms with Gasteiger partial charge in [-0.05, 0) is 42.4 Å². The zero-order chi connectivity index (χ0) is 20.3. The Hall–Kier alpha value is -1.71. The van der Waals surface area contributed by atoms with Crippen molar-refractivity contribution in [3.8, 4) is 11.5 Å². The Morgan fingerprint density at radius 1 is 1.21 bits per heavy atom. The molecule has 1 amide bonds. The number of benzene rings is 1. The molecule has 156 valence electrons. The Morgan fingerprint density at radius 3 is 2.71 bits per heavy atom. The number of fused-ring (bicyclic) bond motifs is 3. The Morgan fingerprint density at radius 2 is 2.00 bits per heavy atom. The largest absolute Gasteiger partial charge is 0.507 e. The van der Waals surface area contributed by atoms with E-state index in [4.69, 9.17) is 4.74 Å². The number of piperidine rings is 1. The van der Waals surface area contributed by atoms with Crippen LogP contribution in [0.4, 0.5) is 0 Å². The van der Waals surface area contributed by atoms with Gasteiger partial charge in [0.1, 0.15) is 11.5 Å². The molecule has 4 unspecified atom stereocenters. The number of aromatic hydroxyl groups is 1. The number of carbonyl (C=O) groups is 1. The minimum Gasteiger partial charge on any atom is -0.507 e. The van der Waals surface area contributed by atoms with Crippen LogP contribution < -0.4 is 4.74 Å². The predicted octanol–water partition coefficient (Wildman–Crippen LogP) is 6.28. The number of hydrogen-bond acceptors (Lipinski definition) is 3. The Labute approximate surface area is 170 Å². The highest BCUT2D eigenvalue weighted by Crippen LogP contribution is 2.48. The molecule has 1 N–H and O–H groups in total. The van der Waals surface area contributed by atoms with Gasteiger partial charge < -0.3 is 9.84 Å².